The van der Waals surface area contributed by atoms with Gasteiger partial charge in [0, 0.05) is 6.04 Å². The molecule has 98 valence electrons. The minimum atomic E-state index is 0.237. The lowest BCUT2D eigenvalue weighted by Gasteiger charge is -2.17. The Kier molecular flexibility index (Phi) is 2.46. The van der Waals surface area contributed by atoms with Crippen molar-refractivity contribution in [1.82, 2.24) is 0 Å². The minimum absolute atomic E-state index is 0.237. The topological polar surface area (TPSA) is 26.0 Å². The average Bonchev–Trinajstić information content (AvgIpc) is 2.92. The van der Waals surface area contributed by atoms with Crippen LogP contribution in [0.5, 0.6) is 0 Å². The van der Waals surface area contributed by atoms with Crippen LogP contribution in [-0.4, -0.2) is 0 Å². The number of benzene rings is 2. The summed E-state index contributed by atoms with van der Waals surface area (Å²) in [7, 11) is 0. The molecule has 1 nitrogen and oxygen atoms in total. The number of rotatable bonds is 2. The van der Waals surface area contributed by atoms with Crippen molar-refractivity contribution in [2.45, 2.75) is 32.2 Å². The smallest absolute Gasteiger partial charge is 0.0335 e. The lowest BCUT2D eigenvalue weighted by molar-refractivity contribution is 0.504. The van der Waals surface area contributed by atoms with E-state index in [4.69, 9.17) is 5.73 Å². The number of aryl methyl sites for hydroxylation is 1. The summed E-state index contributed by atoms with van der Waals surface area (Å²) in [5.41, 5.74) is 9.32. The van der Waals surface area contributed by atoms with E-state index in [-0.39, 0.29) is 6.04 Å². The zero-order valence-corrected chi connectivity index (χ0v) is 11.5. The molecular formula is C18H21N. The van der Waals surface area contributed by atoms with Crippen molar-refractivity contribution in [2.75, 3.05) is 0 Å². The second-order valence-corrected chi connectivity index (χ2v) is 6.38. The van der Waals surface area contributed by atoms with Gasteiger partial charge in [-0.25, -0.2) is 0 Å². The fourth-order valence-electron chi connectivity index (χ4n) is 4.38. The third-order valence-corrected chi connectivity index (χ3v) is 5.42. The van der Waals surface area contributed by atoms with Crippen LogP contribution in [0.15, 0.2) is 36.4 Å². The zero-order chi connectivity index (χ0) is 13.0. The molecule has 4 rings (SSSR count). The normalized spacial score (nSPS) is 30.3. The Balaban J connectivity index is 1.77. The molecule has 2 aliphatic carbocycles. The number of fused-ring (bicyclic) bond motifs is 2. The Bertz CT molecular complexity index is 621. The molecule has 0 aromatic heterocycles. The van der Waals surface area contributed by atoms with E-state index in [0.29, 0.717) is 0 Å². The number of nitrogens with two attached hydrogens (primary N) is 1. The Morgan fingerprint density at radius 3 is 2.42 bits per heavy atom. The Labute approximate surface area is 114 Å². The van der Waals surface area contributed by atoms with Crippen LogP contribution >= 0.6 is 0 Å². The lowest BCUT2D eigenvalue weighted by Crippen LogP contribution is -2.16. The van der Waals surface area contributed by atoms with E-state index in [1.54, 1.807) is 0 Å². The van der Waals surface area contributed by atoms with Crippen molar-refractivity contribution >= 4 is 10.8 Å². The highest BCUT2D eigenvalue weighted by molar-refractivity contribution is 5.89. The van der Waals surface area contributed by atoms with E-state index < -0.39 is 0 Å². The summed E-state index contributed by atoms with van der Waals surface area (Å²) in [6.07, 6.45) is 4.24. The van der Waals surface area contributed by atoms with E-state index in [1.807, 2.05) is 0 Å². The first-order chi connectivity index (χ1) is 9.27. The van der Waals surface area contributed by atoms with Crippen molar-refractivity contribution < 1.29 is 0 Å². The van der Waals surface area contributed by atoms with Gasteiger partial charge in [0.05, 0.1) is 0 Å². The number of hydrogen-bond donors (Lipinski definition) is 1. The summed E-state index contributed by atoms with van der Waals surface area (Å²) in [6.45, 7) is 2.18. The van der Waals surface area contributed by atoms with Crippen molar-refractivity contribution in [3.8, 4) is 0 Å². The van der Waals surface area contributed by atoms with Crippen LogP contribution in [-0.2, 0) is 0 Å². The third kappa shape index (κ3) is 1.64. The largest absolute Gasteiger partial charge is 0.324 e. The molecular weight excluding hydrogens is 230 g/mol. The highest BCUT2D eigenvalue weighted by Crippen LogP contribution is 2.61. The van der Waals surface area contributed by atoms with Gasteiger partial charge in [-0.05, 0) is 59.4 Å². The molecule has 0 heterocycles. The molecule has 0 spiro atoms. The summed E-state index contributed by atoms with van der Waals surface area (Å²) in [6, 6.07) is 13.4. The molecule has 2 saturated carbocycles. The predicted octanol–water partition coefficient (Wildman–Crippen LogP) is 4.19. The first-order valence-electron chi connectivity index (χ1n) is 7.51. The quantitative estimate of drug-likeness (QED) is 0.850. The van der Waals surface area contributed by atoms with Crippen LogP contribution in [0.4, 0.5) is 0 Å². The van der Waals surface area contributed by atoms with Gasteiger partial charge in [0.1, 0.15) is 0 Å². The molecule has 0 bridgehead atoms. The first-order valence-corrected chi connectivity index (χ1v) is 7.51. The second kappa shape index (κ2) is 4.08. The lowest BCUT2D eigenvalue weighted by atomic mass is 9.91. The van der Waals surface area contributed by atoms with Crippen LogP contribution in [0, 0.1) is 24.7 Å². The number of hydrogen-bond acceptors (Lipinski definition) is 1. The first kappa shape index (κ1) is 11.5. The molecule has 2 aliphatic rings. The van der Waals surface area contributed by atoms with Crippen LogP contribution in [0.1, 0.15) is 36.4 Å². The van der Waals surface area contributed by atoms with Gasteiger partial charge < -0.3 is 5.73 Å². The molecule has 0 radical (unpaired) electrons. The Morgan fingerprint density at radius 2 is 1.68 bits per heavy atom. The monoisotopic (exact) mass is 251 g/mol. The zero-order valence-electron chi connectivity index (χ0n) is 11.5. The fourth-order valence-corrected chi connectivity index (χ4v) is 4.38. The highest BCUT2D eigenvalue weighted by Gasteiger charge is 2.55. The molecule has 2 aromatic rings. The van der Waals surface area contributed by atoms with Crippen molar-refractivity contribution in [3.05, 3.63) is 47.5 Å². The fraction of sp³-hybridized carbons (Fsp3) is 0.444. The Hall–Kier alpha value is -1.34. The molecule has 2 fully saturated rings. The maximum absolute atomic E-state index is 6.61. The molecule has 2 aromatic carbocycles. The summed E-state index contributed by atoms with van der Waals surface area (Å²) >= 11 is 0. The predicted molar refractivity (Wildman–Crippen MR) is 79.9 cm³/mol. The van der Waals surface area contributed by atoms with Crippen molar-refractivity contribution in [3.63, 3.8) is 0 Å². The maximum Gasteiger partial charge on any atom is 0.0335 e. The highest BCUT2D eigenvalue weighted by atomic mass is 14.7. The SMILES string of the molecule is Cc1ccc(C(N)C2C3CCCC32)c2ccccc12. The van der Waals surface area contributed by atoms with E-state index in [1.165, 1.54) is 41.2 Å². The molecule has 2 N–H and O–H groups in total. The van der Waals surface area contributed by atoms with E-state index in [9.17, 15) is 0 Å². The third-order valence-electron chi connectivity index (χ3n) is 5.42. The van der Waals surface area contributed by atoms with Crippen LogP contribution in [0.2, 0.25) is 0 Å². The van der Waals surface area contributed by atoms with E-state index >= 15 is 0 Å². The van der Waals surface area contributed by atoms with Gasteiger partial charge in [-0.3, -0.25) is 0 Å². The summed E-state index contributed by atoms with van der Waals surface area (Å²) in [4.78, 5) is 0. The summed E-state index contributed by atoms with van der Waals surface area (Å²) < 4.78 is 0. The van der Waals surface area contributed by atoms with Gasteiger partial charge in [0.25, 0.3) is 0 Å². The van der Waals surface area contributed by atoms with E-state index in [0.717, 1.165) is 17.8 Å². The van der Waals surface area contributed by atoms with E-state index in [2.05, 4.69) is 43.3 Å². The molecule has 0 aliphatic heterocycles. The molecule has 0 amide bonds. The molecule has 0 saturated heterocycles. The van der Waals surface area contributed by atoms with Crippen LogP contribution in [0.25, 0.3) is 10.8 Å². The molecule has 3 atom stereocenters. The minimum Gasteiger partial charge on any atom is -0.324 e. The average molecular weight is 251 g/mol. The van der Waals surface area contributed by atoms with Crippen molar-refractivity contribution in [2.24, 2.45) is 23.5 Å². The van der Waals surface area contributed by atoms with Gasteiger partial charge in [-0.15, -0.1) is 0 Å². The van der Waals surface area contributed by atoms with Gasteiger partial charge in [0.15, 0.2) is 0 Å². The molecule has 19 heavy (non-hydrogen) atoms. The standard InChI is InChI=1S/C18H21N/c1-11-9-10-16(13-6-3-2-5-12(11)13)18(19)17-14-7-4-8-15(14)17/h2-3,5-6,9-10,14-15,17-18H,4,7-8,19H2,1H3. The summed E-state index contributed by atoms with van der Waals surface area (Å²) in [5, 5.41) is 2.72. The molecule has 1 heteroatoms. The van der Waals surface area contributed by atoms with Gasteiger partial charge in [-0.1, -0.05) is 42.8 Å². The molecule has 3 unspecified atom stereocenters. The van der Waals surface area contributed by atoms with Crippen LogP contribution in [0.3, 0.4) is 0 Å². The maximum atomic E-state index is 6.61. The summed E-state index contributed by atoms with van der Waals surface area (Å²) in [5.74, 6) is 2.60. The van der Waals surface area contributed by atoms with Gasteiger partial charge in [0.2, 0.25) is 0 Å². The van der Waals surface area contributed by atoms with Crippen molar-refractivity contribution in [1.29, 1.82) is 0 Å². The van der Waals surface area contributed by atoms with Gasteiger partial charge >= 0.3 is 0 Å². The second-order valence-electron chi connectivity index (χ2n) is 6.38. The Morgan fingerprint density at radius 1 is 1.00 bits per heavy atom. The van der Waals surface area contributed by atoms with Gasteiger partial charge in [-0.2, -0.15) is 0 Å². The van der Waals surface area contributed by atoms with Crippen LogP contribution < -0.4 is 5.73 Å².